The third-order valence-corrected chi connectivity index (χ3v) is 7.32. The van der Waals surface area contributed by atoms with Crippen LogP contribution in [0.2, 0.25) is 0 Å². The van der Waals surface area contributed by atoms with Crippen LogP contribution >= 0.6 is 0 Å². The van der Waals surface area contributed by atoms with Gasteiger partial charge in [0.2, 0.25) is 0 Å². The second kappa shape index (κ2) is 5.80. The molecule has 1 aromatic carbocycles. The summed E-state index contributed by atoms with van der Waals surface area (Å²) in [5.41, 5.74) is 1.29. The smallest absolute Gasteiger partial charge is 0.253 e. The number of aliphatic hydroxyl groups is 1. The van der Waals surface area contributed by atoms with Crippen molar-refractivity contribution in [2.75, 3.05) is 0 Å². The maximum atomic E-state index is 13.8. The van der Waals surface area contributed by atoms with Crippen molar-refractivity contribution < 1.29 is 14.3 Å². The molecule has 7 rings (SSSR count). The Bertz CT molecular complexity index is 1040. The van der Waals surface area contributed by atoms with Gasteiger partial charge in [-0.05, 0) is 74.5 Å². The molecule has 4 fully saturated rings. The van der Waals surface area contributed by atoms with Crippen LogP contribution in [0.4, 0.5) is 0 Å². The van der Waals surface area contributed by atoms with Gasteiger partial charge in [0, 0.05) is 5.39 Å². The van der Waals surface area contributed by atoms with E-state index in [4.69, 9.17) is 9.52 Å². The molecule has 3 aromatic rings. The minimum atomic E-state index is -0.236. The SMILES string of the molecule is O=C(n1nc(-c2ccc(CO)o2)c2ccccc21)C12CC3CC(CC(C3)C1)C2. The van der Waals surface area contributed by atoms with E-state index >= 15 is 0 Å². The Morgan fingerprint density at radius 2 is 1.75 bits per heavy atom. The quantitative estimate of drug-likeness (QED) is 0.723. The summed E-state index contributed by atoms with van der Waals surface area (Å²) in [5.74, 6) is 3.41. The maximum Gasteiger partial charge on any atom is 0.253 e. The number of aromatic nitrogens is 2. The van der Waals surface area contributed by atoms with Crippen molar-refractivity contribution in [1.82, 2.24) is 9.78 Å². The molecule has 0 aliphatic heterocycles. The molecule has 0 unspecified atom stereocenters. The van der Waals surface area contributed by atoms with Gasteiger partial charge in [-0.25, -0.2) is 0 Å². The number of carbonyl (C=O) groups is 1. The van der Waals surface area contributed by atoms with Crippen LogP contribution in [0.15, 0.2) is 40.8 Å². The van der Waals surface area contributed by atoms with Crippen LogP contribution in [-0.2, 0) is 6.61 Å². The van der Waals surface area contributed by atoms with Gasteiger partial charge in [-0.3, -0.25) is 4.79 Å². The van der Waals surface area contributed by atoms with Crippen molar-refractivity contribution >= 4 is 16.8 Å². The van der Waals surface area contributed by atoms with E-state index in [2.05, 4.69) is 0 Å². The zero-order chi connectivity index (χ0) is 18.9. The van der Waals surface area contributed by atoms with Crippen LogP contribution in [0.3, 0.4) is 0 Å². The third kappa shape index (κ3) is 2.29. The lowest BCUT2D eigenvalue weighted by Gasteiger charge is -2.55. The zero-order valence-electron chi connectivity index (χ0n) is 15.8. The number of para-hydroxylation sites is 1. The minimum absolute atomic E-state index is 0.148. The Morgan fingerprint density at radius 3 is 2.39 bits per heavy atom. The van der Waals surface area contributed by atoms with Gasteiger partial charge in [0.25, 0.3) is 5.91 Å². The van der Waals surface area contributed by atoms with Gasteiger partial charge in [-0.2, -0.15) is 9.78 Å². The van der Waals surface area contributed by atoms with E-state index in [0.29, 0.717) is 35.0 Å². The number of rotatable bonds is 3. The Morgan fingerprint density at radius 1 is 1.07 bits per heavy atom. The molecule has 28 heavy (non-hydrogen) atoms. The summed E-state index contributed by atoms with van der Waals surface area (Å²) in [4.78, 5) is 13.8. The molecule has 4 aliphatic rings. The lowest BCUT2D eigenvalue weighted by molar-refractivity contribution is -0.0405. The highest BCUT2D eigenvalue weighted by Crippen LogP contribution is 2.60. The monoisotopic (exact) mass is 376 g/mol. The van der Waals surface area contributed by atoms with Crippen LogP contribution in [-0.4, -0.2) is 20.8 Å². The second-order valence-electron chi connectivity index (χ2n) is 9.20. The fourth-order valence-corrected chi connectivity index (χ4v) is 6.59. The van der Waals surface area contributed by atoms with Crippen molar-refractivity contribution in [2.24, 2.45) is 23.2 Å². The third-order valence-electron chi connectivity index (χ3n) is 7.32. The molecule has 0 amide bonds. The van der Waals surface area contributed by atoms with E-state index in [1.54, 1.807) is 10.7 Å². The molecule has 5 heteroatoms. The Labute approximate surface area is 163 Å². The fourth-order valence-electron chi connectivity index (χ4n) is 6.59. The van der Waals surface area contributed by atoms with Crippen LogP contribution < -0.4 is 0 Å². The summed E-state index contributed by atoms with van der Waals surface area (Å²) in [5, 5.41) is 15.0. The number of benzene rings is 1. The number of fused-ring (bicyclic) bond motifs is 1. The number of hydrogen-bond donors (Lipinski definition) is 1. The van der Waals surface area contributed by atoms with Gasteiger partial charge in [-0.1, -0.05) is 18.2 Å². The first-order valence-corrected chi connectivity index (χ1v) is 10.4. The van der Waals surface area contributed by atoms with Crippen LogP contribution in [0.1, 0.15) is 49.1 Å². The molecule has 4 saturated carbocycles. The van der Waals surface area contributed by atoms with Crippen molar-refractivity contribution in [3.05, 3.63) is 42.2 Å². The predicted molar refractivity (Wildman–Crippen MR) is 105 cm³/mol. The minimum Gasteiger partial charge on any atom is -0.457 e. The standard InChI is InChI=1S/C23H24N2O3/c26-13-17-5-6-20(28-17)21-18-3-1-2-4-19(18)25(24-21)22(27)23-10-14-7-15(11-23)9-16(8-14)12-23/h1-6,14-16,26H,7-13H2. The van der Waals surface area contributed by atoms with Crippen molar-refractivity contribution in [2.45, 2.75) is 45.1 Å². The normalized spacial score (nSPS) is 31.0. The van der Waals surface area contributed by atoms with Gasteiger partial charge >= 0.3 is 0 Å². The summed E-state index contributed by atoms with van der Waals surface area (Å²) in [7, 11) is 0. The first-order valence-electron chi connectivity index (χ1n) is 10.4. The molecule has 0 atom stereocenters. The summed E-state index contributed by atoms with van der Waals surface area (Å²) in [6.07, 6.45) is 7.01. The first-order chi connectivity index (χ1) is 13.6. The van der Waals surface area contributed by atoms with E-state index in [0.717, 1.165) is 30.2 Å². The highest BCUT2D eigenvalue weighted by molar-refractivity contribution is 5.99. The molecular weight excluding hydrogens is 352 g/mol. The molecule has 0 spiro atoms. The largest absolute Gasteiger partial charge is 0.457 e. The number of hydrogen-bond acceptors (Lipinski definition) is 4. The molecule has 1 N–H and O–H groups in total. The predicted octanol–water partition coefficient (Wildman–Crippen LogP) is 4.65. The highest BCUT2D eigenvalue weighted by Gasteiger charge is 2.55. The van der Waals surface area contributed by atoms with Gasteiger partial charge in [0.1, 0.15) is 18.1 Å². The van der Waals surface area contributed by atoms with Crippen LogP contribution in [0.25, 0.3) is 22.4 Å². The molecule has 144 valence electrons. The van der Waals surface area contributed by atoms with E-state index in [9.17, 15) is 9.90 Å². The van der Waals surface area contributed by atoms with Crippen LogP contribution in [0, 0.1) is 23.2 Å². The average Bonchev–Trinajstić information content (AvgIpc) is 3.31. The Balaban J connectivity index is 1.47. The summed E-state index contributed by atoms with van der Waals surface area (Å²) in [6, 6.07) is 11.5. The lowest BCUT2D eigenvalue weighted by atomic mass is 9.49. The van der Waals surface area contributed by atoms with Crippen molar-refractivity contribution in [1.29, 1.82) is 0 Å². The maximum absolute atomic E-state index is 13.8. The fraction of sp³-hybridized carbons (Fsp3) is 0.478. The van der Waals surface area contributed by atoms with E-state index in [-0.39, 0.29) is 17.9 Å². The van der Waals surface area contributed by atoms with Gasteiger partial charge in [0.05, 0.1) is 10.9 Å². The van der Waals surface area contributed by atoms with Crippen LogP contribution in [0.5, 0.6) is 0 Å². The van der Waals surface area contributed by atoms with Crippen molar-refractivity contribution in [3.8, 4) is 11.5 Å². The van der Waals surface area contributed by atoms with Crippen molar-refractivity contribution in [3.63, 3.8) is 0 Å². The molecule has 2 heterocycles. The zero-order valence-corrected chi connectivity index (χ0v) is 15.8. The molecule has 0 saturated heterocycles. The number of furan rings is 1. The molecule has 4 bridgehead atoms. The average molecular weight is 376 g/mol. The summed E-state index contributed by atoms with van der Waals surface area (Å²) < 4.78 is 7.38. The van der Waals surface area contributed by atoms with E-state index in [1.165, 1.54) is 19.3 Å². The highest BCUT2D eigenvalue weighted by atomic mass is 16.4. The summed E-state index contributed by atoms with van der Waals surface area (Å²) in [6.45, 7) is -0.148. The Kier molecular flexibility index (Phi) is 3.43. The van der Waals surface area contributed by atoms with E-state index < -0.39 is 0 Å². The molecule has 2 aromatic heterocycles. The number of aliphatic hydroxyl groups excluding tert-OH is 1. The molecular formula is C23H24N2O3. The summed E-state index contributed by atoms with van der Waals surface area (Å²) >= 11 is 0. The second-order valence-corrected chi connectivity index (χ2v) is 9.20. The van der Waals surface area contributed by atoms with Gasteiger partial charge < -0.3 is 9.52 Å². The Hall–Kier alpha value is -2.40. The molecule has 4 aliphatic carbocycles. The first kappa shape index (κ1) is 16.5. The number of nitrogens with zero attached hydrogens (tertiary/aromatic N) is 2. The molecule has 5 nitrogen and oxygen atoms in total. The number of carbonyl (C=O) groups excluding carboxylic acids is 1. The van der Waals surface area contributed by atoms with Gasteiger partial charge in [0.15, 0.2) is 5.76 Å². The molecule has 0 radical (unpaired) electrons. The van der Waals surface area contributed by atoms with E-state index in [1.807, 2.05) is 30.3 Å². The topological polar surface area (TPSA) is 68.3 Å². The lowest BCUT2D eigenvalue weighted by Crippen LogP contribution is -2.51. The van der Waals surface area contributed by atoms with Gasteiger partial charge in [-0.15, -0.1) is 0 Å².